The van der Waals surface area contributed by atoms with Crippen molar-refractivity contribution >= 4 is 26.5 Å². The third-order valence-corrected chi connectivity index (χ3v) is 1.75. The molecule has 5 nitrogen and oxygen atoms in total. The third kappa shape index (κ3) is 14.5. The number of hydrogen-bond acceptors (Lipinski definition) is 2. The molecule has 0 rings (SSSR count). The molecule has 0 saturated carbocycles. The van der Waals surface area contributed by atoms with Gasteiger partial charge in [0, 0.05) is 0 Å². The van der Waals surface area contributed by atoms with Crippen LogP contribution < -0.4 is 0 Å². The SMILES string of the molecule is CCCCC(CC)C(=O)O.[O]=[Sn]([OH])[OH]. The standard InChI is InChI=1S/C8H16O2.2H2O.O.Sn/c1-3-5-6-7(4-2)8(9)10;;;;/h7H,3-6H2,1-2H3,(H,9,10);2*1H2;;/q;;;;+2/p-2. The Morgan fingerprint density at radius 2 is 1.79 bits per heavy atom. The van der Waals surface area contributed by atoms with Crippen molar-refractivity contribution in [1.29, 1.82) is 0 Å². The molecule has 0 radical (unpaired) electrons. The molecule has 0 amide bonds. The van der Waals surface area contributed by atoms with Crippen LogP contribution in [-0.4, -0.2) is 38.5 Å². The van der Waals surface area contributed by atoms with Gasteiger partial charge in [0.1, 0.15) is 0 Å². The van der Waals surface area contributed by atoms with Gasteiger partial charge in [0.25, 0.3) is 0 Å². The van der Waals surface area contributed by atoms with Crippen molar-refractivity contribution in [3.63, 3.8) is 0 Å². The van der Waals surface area contributed by atoms with E-state index in [1.165, 1.54) is 0 Å². The molecule has 0 aliphatic carbocycles. The van der Waals surface area contributed by atoms with Crippen LogP contribution in [0, 0.1) is 5.92 Å². The summed E-state index contributed by atoms with van der Waals surface area (Å²) in [5, 5.41) is 8.60. The van der Waals surface area contributed by atoms with Crippen LogP contribution in [0.15, 0.2) is 0 Å². The summed E-state index contributed by atoms with van der Waals surface area (Å²) in [6.45, 7) is 4.00. The average molecular weight is 313 g/mol. The topological polar surface area (TPSA) is 94.8 Å². The van der Waals surface area contributed by atoms with E-state index in [0.717, 1.165) is 25.7 Å². The van der Waals surface area contributed by atoms with Gasteiger partial charge in [-0.3, -0.25) is 4.79 Å². The average Bonchev–Trinajstić information content (AvgIpc) is 2.04. The summed E-state index contributed by atoms with van der Waals surface area (Å²) in [5.41, 5.74) is 0. The molecule has 0 aliphatic rings. The molecule has 14 heavy (non-hydrogen) atoms. The summed E-state index contributed by atoms with van der Waals surface area (Å²) in [6.07, 6.45) is 3.71. The van der Waals surface area contributed by atoms with Crippen LogP contribution in [0.25, 0.3) is 0 Å². The maximum absolute atomic E-state index is 10.4. The molecule has 84 valence electrons. The molecule has 0 aromatic rings. The molecule has 0 spiro atoms. The second-order valence-electron chi connectivity index (χ2n) is 2.87. The van der Waals surface area contributed by atoms with Crippen molar-refractivity contribution < 1.29 is 19.9 Å². The molecule has 0 fully saturated rings. The van der Waals surface area contributed by atoms with Crippen LogP contribution in [0.2, 0.25) is 0 Å². The first kappa shape index (κ1) is 16.4. The summed E-state index contributed by atoms with van der Waals surface area (Å²) in [4.78, 5) is 10.4. The molecule has 0 heterocycles. The summed E-state index contributed by atoms with van der Waals surface area (Å²) in [7, 11) is 0. The van der Waals surface area contributed by atoms with Gasteiger partial charge in [-0.25, -0.2) is 0 Å². The predicted molar refractivity (Wildman–Crippen MR) is 51.8 cm³/mol. The number of carboxylic acids is 1. The molecule has 6 heteroatoms. The van der Waals surface area contributed by atoms with Gasteiger partial charge in [-0.15, -0.1) is 0 Å². The summed E-state index contributed by atoms with van der Waals surface area (Å²) >= 11 is -3.79. The van der Waals surface area contributed by atoms with Gasteiger partial charge in [0.05, 0.1) is 5.92 Å². The van der Waals surface area contributed by atoms with Crippen LogP contribution >= 0.6 is 0 Å². The Balaban J connectivity index is 0. The Morgan fingerprint density at radius 1 is 1.36 bits per heavy atom. The Labute approximate surface area is 92.0 Å². The van der Waals surface area contributed by atoms with Gasteiger partial charge in [0.15, 0.2) is 0 Å². The van der Waals surface area contributed by atoms with E-state index in [4.69, 9.17) is 15.1 Å². The minimum absolute atomic E-state index is 0.111. The van der Waals surface area contributed by atoms with Gasteiger partial charge in [-0.05, 0) is 12.8 Å². The molecule has 0 bridgehead atoms. The van der Waals surface area contributed by atoms with Crippen molar-refractivity contribution in [3.8, 4) is 0 Å². The first-order valence-electron chi connectivity index (χ1n) is 4.60. The van der Waals surface area contributed by atoms with E-state index in [-0.39, 0.29) is 5.92 Å². The van der Waals surface area contributed by atoms with E-state index >= 15 is 0 Å². The van der Waals surface area contributed by atoms with Crippen LogP contribution in [0.3, 0.4) is 0 Å². The second-order valence-corrected chi connectivity index (χ2v) is 4.48. The fraction of sp³-hybridized carbons (Fsp3) is 0.875. The van der Waals surface area contributed by atoms with Gasteiger partial charge < -0.3 is 5.11 Å². The molecule has 0 saturated heterocycles. The van der Waals surface area contributed by atoms with E-state index in [1.54, 1.807) is 0 Å². The normalized spacial score (nSPS) is 11.1. The minimum atomic E-state index is -3.79. The zero-order valence-corrected chi connectivity index (χ0v) is 11.4. The maximum atomic E-state index is 10.4. The molecule has 0 aromatic carbocycles. The zero-order valence-electron chi connectivity index (χ0n) is 8.56. The third-order valence-electron chi connectivity index (χ3n) is 1.75. The molecule has 1 unspecified atom stereocenters. The van der Waals surface area contributed by atoms with Crippen LogP contribution in [0.5, 0.6) is 0 Å². The number of rotatable bonds is 5. The fourth-order valence-electron chi connectivity index (χ4n) is 0.953. The number of aliphatic carboxylic acids is 1. The summed E-state index contributed by atoms with van der Waals surface area (Å²) in [6, 6.07) is 0. The molecular weight excluding hydrogens is 295 g/mol. The molecule has 1 atom stereocenters. The van der Waals surface area contributed by atoms with E-state index < -0.39 is 26.5 Å². The van der Waals surface area contributed by atoms with Crippen molar-refractivity contribution in [3.05, 3.63) is 0 Å². The van der Waals surface area contributed by atoms with E-state index in [1.807, 2.05) is 6.92 Å². The zero-order chi connectivity index (χ0) is 11.6. The number of carbonyl (C=O) groups is 1. The van der Waals surface area contributed by atoms with Crippen molar-refractivity contribution in [2.24, 2.45) is 5.92 Å². The molecule has 0 aromatic heterocycles. The van der Waals surface area contributed by atoms with E-state index in [0.29, 0.717) is 0 Å². The first-order valence-corrected chi connectivity index (χ1v) is 8.32. The Bertz CT molecular complexity index is 167. The summed E-state index contributed by atoms with van der Waals surface area (Å²) < 4.78 is 23.3. The van der Waals surface area contributed by atoms with Gasteiger partial charge >= 0.3 is 36.5 Å². The predicted octanol–water partition coefficient (Wildman–Crippen LogP) is 0.674. The van der Waals surface area contributed by atoms with Crippen molar-refractivity contribution in [1.82, 2.24) is 0 Å². The second kappa shape index (κ2) is 11.1. The van der Waals surface area contributed by atoms with Crippen molar-refractivity contribution in [2.45, 2.75) is 39.5 Å². The van der Waals surface area contributed by atoms with Gasteiger partial charge in [0.2, 0.25) is 0 Å². The molecule has 3 N–H and O–H groups in total. The van der Waals surface area contributed by atoms with Gasteiger partial charge in [-0.2, -0.15) is 0 Å². The molecule has 0 aliphatic heterocycles. The number of unbranched alkanes of at least 4 members (excludes halogenated alkanes) is 1. The van der Waals surface area contributed by atoms with Gasteiger partial charge in [-0.1, -0.05) is 26.7 Å². The Morgan fingerprint density at radius 3 is 2.00 bits per heavy atom. The van der Waals surface area contributed by atoms with Crippen LogP contribution in [0.4, 0.5) is 0 Å². The van der Waals surface area contributed by atoms with E-state index in [2.05, 4.69) is 6.92 Å². The van der Waals surface area contributed by atoms with Crippen molar-refractivity contribution in [2.75, 3.05) is 0 Å². The van der Waals surface area contributed by atoms with Crippen LogP contribution in [-0.2, 0) is 7.87 Å². The fourth-order valence-corrected chi connectivity index (χ4v) is 0.953. The van der Waals surface area contributed by atoms with E-state index in [9.17, 15) is 4.79 Å². The molecular formula is C8H18O5Sn. The Hall–Kier alpha value is -0.0113. The number of hydrogen-bond donors (Lipinski definition) is 3. The quantitative estimate of drug-likeness (QED) is 0.649. The first-order chi connectivity index (χ1) is 6.45. The summed E-state index contributed by atoms with van der Waals surface area (Å²) in [5.74, 6) is -0.754. The number of carboxylic acid groups (broad SMARTS) is 1. The van der Waals surface area contributed by atoms with Crippen LogP contribution in [0.1, 0.15) is 39.5 Å². The Kier molecular flexibility index (Phi) is 13.0. The monoisotopic (exact) mass is 314 g/mol.